The van der Waals surface area contributed by atoms with Crippen LogP contribution in [0.5, 0.6) is 0 Å². The van der Waals surface area contributed by atoms with Gasteiger partial charge in [0.1, 0.15) is 0 Å². The molecule has 0 aromatic heterocycles. The van der Waals surface area contributed by atoms with Crippen LogP contribution >= 0.6 is 11.6 Å². The van der Waals surface area contributed by atoms with Gasteiger partial charge in [0.05, 0.1) is 16.9 Å². The monoisotopic (exact) mass is 262 g/mol. The fourth-order valence-corrected chi connectivity index (χ4v) is 1.77. The molecule has 0 aliphatic heterocycles. The van der Waals surface area contributed by atoms with Crippen LogP contribution in [0.1, 0.15) is 10.4 Å². The average molecular weight is 263 g/mol. The first-order valence-electron chi connectivity index (χ1n) is 5.22. The molecule has 0 saturated carbocycles. The van der Waals surface area contributed by atoms with E-state index in [-0.39, 0.29) is 11.3 Å². The van der Waals surface area contributed by atoms with Gasteiger partial charge in [-0.2, -0.15) is 0 Å². The zero-order valence-electron chi connectivity index (χ0n) is 9.35. The molecule has 0 atom stereocenters. The molecule has 2 aromatic carbocycles. The SMILES string of the molecule is Nc1c(Nc2cccc(Cl)c2)cccc1C(=O)O. The predicted octanol–water partition coefficient (Wildman–Crippen LogP) is 3.36. The number of hydrogen-bond donors (Lipinski definition) is 3. The molecule has 0 heterocycles. The molecular formula is C13H11ClN2O2. The van der Waals surface area contributed by atoms with Crippen molar-refractivity contribution < 1.29 is 9.90 Å². The summed E-state index contributed by atoms with van der Waals surface area (Å²) in [6.45, 7) is 0. The lowest BCUT2D eigenvalue weighted by Crippen LogP contribution is -2.05. The van der Waals surface area contributed by atoms with Crippen LogP contribution in [0.3, 0.4) is 0 Å². The topological polar surface area (TPSA) is 75.3 Å². The largest absolute Gasteiger partial charge is 0.478 e. The van der Waals surface area contributed by atoms with E-state index in [0.29, 0.717) is 10.7 Å². The lowest BCUT2D eigenvalue weighted by atomic mass is 10.1. The Morgan fingerprint density at radius 3 is 2.61 bits per heavy atom. The van der Waals surface area contributed by atoms with Crippen molar-refractivity contribution in [1.82, 2.24) is 0 Å². The number of rotatable bonds is 3. The van der Waals surface area contributed by atoms with Gasteiger partial charge < -0.3 is 16.2 Å². The minimum Gasteiger partial charge on any atom is -0.478 e. The van der Waals surface area contributed by atoms with Gasteiger partial charge in [-0.1, -0.05) is 23.7 Å². The van der Waals surface area contributed by atoms with Crippen LogP contribution in [-0.4, -0.2) is 11.1 Å². The highest BCUT2D eigenvalue weighted by molar-refractivity contribution is 6.30. The van der Waals surface area contributed by atoms with Crippen LogP contribution in [0.4, 0.5) is 17.1 Å². The number of carbonyl (C=O) groups is 1. The number of halogens is 1. The van der Waals surface area contributed by atoms with Crippen LogP contribution < -0.4 is 11.1 Å². The summed E-state index contributed by atoms with van der Waals surface area (Å²) in [6, 6.07) is 11.9. The zero-order valence-corrected chi connectivity index (χ0v) is 10.1. The average Bonchev–Trinajstić information content (AvgIpc) is 2.31. The number of hydrogen-bond acceptors (Lipinski definition) is 3. The second kappa shape index (κ2) is 4.98. The second-order valence-corrected chi connectivity index (χ2v) is 4.14. The standard InChI is InChI=1S/C13H11ClN2O2/c14-8-3-1-4-9(7-8)16-11-6-2-5-10(12(11)15)13(17)18/h1-7,16H,15H2,(H,17,18). The maximum absolute atomic E-state index is 11.0. The van der Waals surface area contributed by atoms with E-state index in [1.54, 1.807) is 30.3 Å². The smallest absolute Gasteiger partial charge is 0.337 e. The lowest BCUT2D eigenvalue weighted by molar-refractivity contribution is 0.0698. The van der Waals surface area contributed by atoms with Crippen LogP contribution in [0.2, 0.25) is 5.02 Å². The van der Waals surface area contributed by atoms with Gasteiger partial charge in [-0.05, 0) is 30.3 Å². The summed E-state index contributed by atoms with van der Waals surface area (Å²) >= 11 is 5.87. The number of carboxylic acid groups (broad SMARTS) is 1. The predicted molar refractivity (Wildman–Crippen MR) is 72.5 cm³/mol. The van der Waals surface area contributed by atoms with E-state index in [1.807, 2.05) is 6.07 Å². The second-order valence-electron chi connectivity index (χ2n) is 3.71. The summed E-state index contributed by atoms with van der Waals surface area (Å²) in [4.78, 5) is 11.0. The van der Waals surface area contributed by atoms with Crippen molar-refractivity contribution in [1.29, 1.82) is 0 Å². The Balaban J connectivity index is 2.35. The fraction of sp³-hybridized carbons (Fsp3) is 0. The van der Waals surface area contributed by atoms with Gasteiger partial charge in [0.25, 0.3) is 0 Å². The van der Waals surface area contributed by atoms with Crippen LogP contribution in [-0.2, 0) is 0 Å². The number of para-hydroxylation sites is 1. The summed E-state index contributed by atoms with van der Waals surface area (Å²) in [5.41, 5.74) is 7.35. The Morgan fingerprint density at radius 1 is 1.22 bits per heavy atom. The number of nitrogens with one attached hydrogen (secondary N) is 1. The molecule has 4 N–H and O–H groups in total. The Morgan fingerprint density at radius 2 is 1.94 bits per heavy atom. The molecule has 0 saturated heterocycles. The van der Waals surface area contributed by atoms with Crippen molar-refractivity contribution in [2.24, 2.45) is 0 Å². The fourth-order valence-electron chi connectivity index (χ4n) is 1.58. The van der Waals surface area contributed by atoms with E-state index in [2.05, 4.69) is 5.32 Å². The van der Waals surface area contributed by atoms with Crippen LogP contribution in [0.25, 0.3) is 0 Å². The molecule has 0 bridgehead atoms. The van der Waals surface area contributed by atoms with Gasteiger partial charge in [0.15, 0.2) is 0 Å². The molecule has 2 rings (SSSR count). The highest BCUT2D eigenvalue weighted by atomic mass is 35.5. The number of benzene rings is 2. The third-order valence-corrected chi connectivity index (χ3v) is 2.68. The van der Waals surface area contributed by atoms with Crippen molar-refractivity contribution in [2.45, 2.75) is 0 Å². The number of anilines is 3. The summed E-state index contributed by atoms with van der Waals surface area (Å²) < 4.78 is 0. The minimum atomic E-state index is -1.05. The van der Waals surface area contributed by atoms with Gasteiger partial charge >= 0.3 is 5.97 Å². The third-order valence-electron chi connectivity index (χ3n) is 2.44. The summed E-state index contributed by atoms with van der Waals surface area (Å²) in [5.74, 6) is -1.05. The quantitative estimate of drug-likeness (QED) is 0.742. The van der Waals surface area contributed by atoms with Gasteiger partial charge in [0, 0.05) is 10.7 Å². The molecule has 0 aliphatic carbocycles. The molecule has 5 heteroatoms. The molecule has 0 fully saturated rings. The van der Waals surface area contributed by atoms with Crippen molar-refractivity contribution >= 4 is 34.6 Å². The number of aromatic carboxylic acids is 1. The Bertz CT molecular complexity index is 599. The first-order valence-corrected chi connectivity index (χ1v) is 5.60. The molecule has 0 amide bonds. The number of nitrogen functional groups attached to an aromatic ring is 1. The van der Waals surface area contributed by atoms with Gasteiger partial charge in [-0.25, -0.2) is 4.79 Å². The summed E-state index contributed by atoms with van der Waals surface area (Å²) in [5, 5.41) is 12.6. The van der Waals surface area contributed by atoms with E-state index in [0.717, 1.165) is 5.69 Å². The van der Waals surface area contributed by atoms with E-state index < -0.39 is 5.97 Å². The van der Waals surface area contributed by atoms with E-state index in [9.17, 15) is 4.79 Å². The molecule has 2 aromatic rings. The van der Waals surface area contributed by atoms with Crippen LogP contribution in [0, 0.1) is 0 Å². The molecule has 0 spiro atoms. The van der Waals surface area contributed by atoms with Gasteiger partial charge in [-0.15, -0.1) is 0 Å². The highest BCUT2D eigenvalue weighted by Gasteiger charge is 2.10. The molecule has 0 unspecified atom stereocenters. The maximum atomic E-state index is 11.0. The zero-order chi connectivity index (χ0) is 13.1. The maximum Gasteiger partial charge on any atom is 0.337 e. The van der Waals surface area contributed by atoms with Crippen molar-refractivity contribution in [3.05, 3.63) is 53.1 Å². The molecule has 0 aliphatic rings. The molecule has 18 heavy (non-hydrogen) atoms. The van der Waals surface area contributed by atoms with Gasteiger partial charge in [-0.3, -0.25) is 0 Å². The first-order chi connectivity index (χ1) is 8.58. The lowest BCUT2D eigenvalue weighted by Gasteiger charge is -2.11. The molecule has 0 radical (unpaired) electrons. The normalized spacial score (nSPS) is 10.1. The Labute approximate surface area is 109 Å². The Hall–Kier alpha value is -2.20. The van der Waals surface area contributed by atoms with Crippen molar-refractivity contribution in [2.75, 3.05) is 11.1 Å². The molecular weight excluding hydrogens is 252 g/mol. The van der Waals surface area contributed by atoms with E-state index >= 15 is 0 Å². The van der Waals surface area contributed by atoms with Crippen LogP contribution in [0.15, 0.2) is 42.5 Å². The molecule has 92 valence electrons. The highest BCUT2D eigenvalue weighted by Crippen LogP contribution is 2.27. The number of carboxylic acids is 1. The van der Waals surface area contributed by atoms with Crippen molar-refractivity contribution in [3.8, 4) is 0 Å². The summed E-state index contributed by atoms with van der Waals surface area (Å²) in [7, 11) is 0. The minimum absolute atomic E-state index is 0.0713. The third kappa shape index (κ3) is 2.55. The van der Waals surface area contributed by atoms with E-state index in [1.165, 1.54) is 6.07 Å². The Kier molecular flexibility index (Phi) is 3.39. The van der Waals surface area contributed by atoms with Gasteiger partial charge in [0.2, 0.25) is 0 Å². The van der Waals surface area contributed by atoms with E-state index in [4.69, 9.17) is 22.4 Å². The number of nitrogens with two attached hydrogens (primary N) is 1. The molecule has 4 nitrogen and oxygen atoms in total. The first kappa shape index (κ1) is 12.3. The van der Waals surface area contributed by atoms with Crippen molar-refractivity contribution in [3.63, 3.8) is 0 Å². The summed E-state index contributed by atoms with van der Waals surface area (Å²) in [6.07, 6.45) is 0.